The van der Waals surface area contributed by atoms with Gasteiger partial charge in [0, 0.05) is 18.4 Å². The Balaban J connectivity index is 1.78. The lowest BCUT2D eigenvalue weighted by Crippen LogP contribution is -2.23. The van der Waals surface area contributed by atoms with Crippen molar-refractivity contribution in [2.45, 2.75) is 32.0 Å². The van der Waals surface area contributed by atoms with E-state index in [0.29, 0.717) is 24.7 Å². The van der Waals surface area contributed by atoms with Gasteiger partial charge in [-0.2, -0.15) is 0 Å². The molecule has 0 spiro atoms. The SMILES string of the molecule is C/C=C1/C=C(C(=O)OCC(O)CO)C=CC1CCOCC1CC1O. The van der Waals surface area contributed by atoms with Gasteiger partial charge in [0.1, 0.15) is 12.7 Å². The first kappa shape index (κ1) is 18.9. The van der Waals surface area contributed by atoms with Crippen LogP contribution in [0.25, 0.3) is 0 Å². The summed E-state index contributed by atoms with van der Waals surface area (Å²) in [5.74, 6) is -0.0437. The van der Waals surface area contributed by atoms with Gasteiger partial charge in [-0.15, -0.1) is 0 Å². The molecule has 2 rings (SSSR count). The molecule has 0 amide bonds. The molecule has 0 saturated heterocycles. The van der Waals surface area contributed by atoms with Crippen molar-refractivity contribution in [1.82, 2.24) is 0 Å². The van der Waals surface area contributed by atoms with Gasteiger partial charge in [0.05, 0.1) is 24.9 Å². The van der Waals surface area contributed by atoms with E-state index in [4.69, 9.17) is 14.6 Å². The summed E-state index contributed by atoms with van der Waals surface area (Å²) in [6, 6.07) is 0. The predicted molar refractivity (Wildman–Crippen MR) is 88.1 cm³/mol. The van der Waals surface area contributed by atoms with Crippen LogP contribution in [-0.4, -0.2) is 59.9 Å². The van der Waals surface area contributed by atoms with Gasteiger partial charge in [-0.3, -0.25) is 0 Å². The third kappa shape index (κ3) is 5.56. The number of esters is 1. The van der Waals surface area contributed by atoms with Gasteiger partial charge in [-0.1, -0.05) is 18.2 Å². The third-order valence-corrected chi connectivity index (χ3v) is 4.24. The van der Waals surface area contributed by atoms with Gasteiger partial charge in [-0.25, -0.2) is 4.79 Å². The number of ether oxygens (including phenoxy) is 2. The van der Waals surface area contributed by atoms with E-state index in [1.54, 1.807) is 12.2 Å². The molecule has 0 bridgehead atoms. The van der Waals surface area contributed by atoms with Crippen LogP contribution in [-0.2, 0) is 14.3 Å². The van der Waals surface area contributed by atoms with E-state index in [2.05, 4.69) is 0 Å². The summed E-state index contributed by atoms with van der Waals surface area (Å²) in [4.78, 5) is 11.9. The number of hydrogen-bond acceptors (Lipinski definition) is 6. The lowest BCUT2D eigenvalue weighted by atomic mass is 9.89. The molecule has 2 aliphatic rings. The van der Waals surface area contributed by atoms with Crippen molar-refractivity contribution in [3.8, 4) is 0 Å². The Bertz CT molecular complexity index is 522. The average molecular weight is 338 g/mol. The van der Waals surface area contributed by atoms with Crippen LogP contribution in [0.5, 0.6) is 0 Å². The van der Waals surface area contributed by atoms with Crippen LogP contribution in [0.2, 0.25) is 0 Å². The minimum atomic E-state index is -1.06. The number of allylic oxidation sites excluding steroid dienone is 4. The summed E-state index contributed by atoms with van der Waals surface area (Å²) >= 11 is 0. The molecular weight excluding hydrogens is 312 g/mol. The summed E-state index contributed by atoms with van der Waals surface area (Å²) in [6.07, 6.45) is 7.80. The monoisotopic (exact) mass is 338 g/mol. The maximum absolute atomic E-state index is 11.9. The second-order valence-electron chi connectivity index (χ2n) is 6.22. The molecule has 0 aromatic rings. The second-order valence-corrected chi connectivity index (χ2v) is 6.22. The van der Waals surface area contributed by atoms with Crippen LogP contribution in [0.3, 0.4) is 0 Å². The van der Waals surface area contributed by atoms with Crippen molar-refractivity contribution in [1.29, 1.82) is 0 Å². The molecule has 1 fully saturated rings. The molecule has 0 aromatic heterocycles. The molecule has 4 atom stereocenters. The van der Waals surface area contributed by atoms with Crippen LogP contribution >= 0.6 is 0 Å². The molecule has 0 heterocycles. The maximum Gasteiger partial charge on any atom is 0.338 e. The number of carbonyl (C=O) groups excluding carboxylic acids is 1. The number of hydrogen-bond donors (Lipinski definition) is 3. The fourth-order valence-corrected chi connectivity index (χ4v) is 2.52. The van der Waals surface area contributed by atoms with Gasteiger partial charge in [0.2, 0.25) is 0 Å². The normalized spacial score (nSPS) is 28.6. The van der Waals surface area contributed by atoms with Crippen LogP contribution in [0.4, 0.5) is 0 Å². The van der Waals surface area contributed by atoms with Gasteiger partial charge in [-0.05, 0) is 31.4 Å². The van der Waals surface area contributed by atoms with Crippen LogP contribution < -0.4 is 0 Å². The molecule has 4 unspecified atom stereocenters. The predicted octanol–water partition coefficient (Wildman–Crippen LogP) is 0.729. The topological polar surface area (TPSA) is 96.2 Å². The maximum atomic E-state index is 11.9. The molecule has 134 valence electrons. The zero-order chi connectivity index (χ0) is 17.5. The van der Waals surface area contributed by atoms with E-state index in [0.717, 1.165) is 18.4 Å². The highest BCUT2D eigenvalue weighted by Gasteiger charge is 2.35. The molecule has 2 aliphatic carbocycles. The Labute approximate surface area is 142 Å². The first-order valence-corrected chi connectivity index (χ1v) is 8.33. The Hall–Kier alpha value is -1.47. The van der Waals surface area contributed by atoms with Crippen molar-refractivity contribution in [3.05, 3.63) is 35.5 Å². The highest BCUT2D eigenvalue weighted by molar-refractivity contribution is 5.92. The van der Waals surface area contributed by atoms with Gasteiger partial charge in [0.15, 0.2) is 0 Å². The Morgan fingerprint density at radius 3 is 2.88 bits per heavy atom. The van der Waals surface area contributed by atoms with E-state index in [1.807, 2.05) is 19.1 Å². The molecule has 6 nitrogen and oxygen atoms in total. The third-order valence-electron chi connectivity index (χ3n) is 4.24. The van der Waals surface area contributed by atoms with E-state index in [9.17, 15) is 15.0 Å². The fraction of sp³-hybridized carbons (Fsp3) is 0.611. The van der Waals surface area contributed by atoms with Crippen molar-refractivity contribution in [3.63, 3.8) is 0 Å². The number of aliphatic hydroxyl groups excluding tert-OH is 3. The average Bonchev–Trinajstić information content (AvgIpc) is 3.31. The van der Waals surface area contributed by atoms with E-state index >= 15 is 0 Å². The van der Waals surface area contributed by atoms with E-state index < -0.39 is 18.7 Å². The summed E-state index contributed by atoms with van der Waals surface area (Å²) in [5.41, 5.74) is 1.44. The second kappa shape index (κ2) is 9.13. The molecule has 0 aromatic carbocycles. The largest absolute Gasteiger partial charge is 0.459 e. The molecule has 24 heavy (non-hydrogen) atoms. The number of aliphatic hydroxyl groups is 3. The first-order chi connectivity index (χ1) is 11.5. The Morgan fingerprint density at radius 2 is 2.25 bits per heavy atom. The van der Waals surface area contributed by atoms with Crippen LogP contribution in [0, 0.1) is 11.8 Å². The highest BCUT2D eigenvalue weighted by Crippen LogP contribution is 2.30. The Kier molecular flexibility index (Phi) is 7.17. The lowest BCUT2D eigenvalue weighted by Gasteiger charge is -2.19. The molecule has 0 radical (unpaired) electrons. The highest BCUT2D eigenvalue weighted by atomic mass is 16.5. The smallest absolute Gasteiger partial charge is 0.338 e. The molecule has 6 heteroatoms. The zero-order valence-electron chi connectivity index (χ0n) is 13.9. The quantitative estimate of drug-likeness (QED) is 0.424. The van der Waals surface area contributed by atoms with Gasteiger partial charge >= 0.3 is 5.97 Å². The minimum absolute atomic E-state index is 0.179. The van der Waals surface area contributed by atoms with Crippen LogP contribution in [0.1, 0.15) is 19.8 Å². The Morgan fingerprint density at radius 1 is 1.50 bits per heavy atom. The van der Waals surface area contributed by atoms with Gasteiger partial charge < -0.3 is 24.8 Å². The summed E-state index contributed by atoms with van der Waals surface area (Å²) in [6.45, 7) is 2.45. The van der Waals surface area contributed by atoms with E-state index in [1.165, 1.54) is 0 Å². The molecular formula is C18H26O6. The zero-order valence-corrected chi connectivity index (χ0v) is 13.9. The van der Waals surface area contributed by atoms with Crippen molar-refractivity contribution < 1.29 is 29.6 Å². The summed E-state index contributed by atoms with van der Waals surface area (Å²) in [7, 11) is 0. The van der Waals surface area contributed by atoms with Crippen molar-refractivity contribution in [2.75, 3.05) is 26.4 Å². The molecule has 1 saturated carbocycles. The van der Waals surface area contributed by atoms with Crippen molar-refractivity contribution >= 4 is 5.97 Å². The number of rotatable bonds is 9. The van der Waals surface area contributed by atoms with Gasteiger partial charge in [0.25, 0.3) is 0 Å². The minimum Gasteiger partial charge on any atom is -0.459 e. The number of carbonyl (C=O) groups is 1. The van der Waals surface area contributed by atoms with Crippen LogP contribution in [0.15, 0.2) is 35.5 Å². The summed E-state index contributed by atoms with van der Waals surface area (Å²) < 4.78 is 10.6. The van der Waals surface area contributed by atoms with E-state index in [-0.39, 0.29) is 18.6 Å². The lowest BCUT2D eigenvalue weighted by molar-refractivity contribution is -0.142. The summed E-state index contributed by atoms with van der Waals surface area (Å²) in [5, 5.41) is 27.2. The standard InChI is InChI=1S/C18H26O6/c1-2-12-7-14(18(22)24-11-16(20)9-19)4-3-13(12)5-6-23-10-15-8-17(15)21/h2-4,7,13,15-17,19-21H,5-6,8-11H2,1H3/b12-2-. The molecule has 0 aliphatic heterocycles. The first-order valence-electron chi connectivity index (χ1n) is 8.33. The fourth-order valence-electron chi connectivity index (χ4n) is 2.52. The van der Waals surface area contributed by atoms with Crippen molar-refractivity contribution in [2.24, 2.45) is 11.8 Å². The molecule has 3 N–H and O–H groups in total.